The number of amides is 1. The Morgan fingerprint density at radius 2 is 1.82 bits per heavy atom. The van der Waals surface area contributed by atoms with Gasteiger partial charge in [-0.2, -0.15) is 5.26 Å². The Kier molecular flexibility index (Phi) is 7.14. The molecule has 34 heavy (non-hydrogen) atoms. The summed E-state index contributed by atoms with van der Waals surface area (Å²) in [6, 6.07) is 22.6. The second-order valence-corrected chi connectivity index (χ2v) is 8.97. The molecule has 6 nitrogen and oxygen atoms in total. The van der Waals surface area contributed by atoms with Gasteiger partial charge in [-0.1, -0.05) is 36.4 Å². The number of carbonyl (C=O) groups is 1. The van der Waals surface area contributed by atoms with Crippen LogP contribution in [0.25, 0.3) is 6.08 Å². The Balaban J connectivity index is 1.63. The lowest BCUT2D eigenvalue weighted by molar-refractivity contribution is -0.114. The van der Waals surface area contributed by atoms with E-state index in [9.17, 15) is 10.1 Å². The minimum Gasteiger partial charge on any atom is -0.493 e. The Labute approximate surface area is 217 Å². The topological polar surface area (TPSA) is 65.8 Å². The molecule has 1 aliphatic rings. The van der Waals surface area contributed by atoms with Gasteiger partial charge in [-0.25, -0.2) is 0 Å². The van der Waals surface area contributed by atoms with Crippen molar-refractivity contribution in [2.75, 3.05) is 19.1 Å². The normalized spacial score (nSPS) is 14.5. The maximum Gasteiger partial charge on any atom is 0.281 e. The zero-order valence-electron chi connectivity index (χ0n) is 18.5. The van der Waals surface area contributed by atoms with E-state index in [1.165, 1.54) is 4.90 Å². The first-order chi connectivity index (χ1) is 16.4. The molecule has 4 rings (SSSR count). The Bertz CT molecular complexity index is 1330. The summed E-state index contributed by atoms with van der Waals surface area (Å²) in [4.78, 5) is 16.4. The van der Waals surface area contributed by atoms with E-state index in [1.807, 2.05) is 60.7 Å². The van der Waals surface area contributed by atoms with Gasteiger partial charge in [0.1, 0.15) is 12.3 Å². The van der Waals surface area contributed by atoms with Crippen LogP contribution in [0.15, 0.2) is 72.4 Å². The molecule has 1 saturated heterocycles. The number of hydrogen-bond donors (Lipinski definition) is 0. The molecule has 0 atom stereocenters. The van der Waals surface area contributed by atoms with Crippen LogP contribution in [-0.4, -0.2) is 30.1 Å². The lowest BCUT2D eigenvalue weighted by Crippen LogP contribution is -2.30. The van der Waals surface area contributed by atoms with Gasteiger partial charge in [0.25, 0.3) is 5.91 Å². The summed E-state index contributed by atoms with van der Waals surface area (Å²) in [7, 11) is 3.35. The quantitative estimate of drug-likeness (QED) is 0.222. The van der Waals surface area contributed by atoms with Crippen molar-refractivity contribution in [3.63, 3.8) is 0 Å². The van der Waals surface area contributed by atoms with Gasteiger partial charge < -0.3 is 14.4 Å². The number of ether oxygens (including phenoxy) is 2. The molecule has 8 heteroatoms. The van der Waals surface area contributed by atoms with E-state index >= 15 is 0 Å². The third kappa shape index (κ3) is 4.62. The predicted molar refractivity (Wildman–Crippen MR) is 143 cm³/mol. The minimum absolute atomic E-state index is 0.193. The van der Waals surface area contributed by atoms with Crippen molar-refractivity contribution in [2.45, 2.75) is 6.61 Å². The summed E-state index contributed by atoms with van der Waals surface area (Å²) in [5, 5.41) is 9.73. The van der Waals surface area contributed by atoms with Crippen LogP contribution >= 0.6 is 34.8 Å². The first-order valence-corrected chi connectivity index (χ1v) is 11.8. The van der Waals surface area contributed by atoms with Gasteiger partial charge in [-0.15, -0.1) is 0 Å². The van der Waals surface area contributed by atoms with Crippen LogP contribution in [0.2, 0.25) is 0 Å². The average molecular weight is 581 g/mol. The highest BCUT2D eigenvalue weighted by Crippen LogP contribution is 2.36. The highest BCUT2D eigenvalue weighted by Gasteiger charge is 2.36. The molecule has 0 unspecified atom stereocenters. The van der Waals surface area contributed by atoms with E-state index in [-0.39, 0.29) is 12.5 Å². The third-order valence-electron chi connectivity index (χ3n) is 5.34. The lowest BCUT2D eigenvalue weighted by Gasteiger charge is -2.16. The monoisotopic (exact) mass is 581 g/mol. The maximum atomic E-state index is 13.2. The van der Waals surface area contributed by atoms with E-state index in [0.29, 0.717) is 27.9 Å². The standard InChI is InChI=1S/C26H20IN3O3S/c1-29-22(25(31)30(26(29)34)20-10-4-3-5-11-20)13-17-12-21(27)24(23(14-17)32-2)33-16-19-9-7-6-8-18(19)15-28/h3-14H,16H2,1-2H3/b22-13-. The van der Waals surface area contributed by atoms with Crippen LogP contribution < -0.4 is 14.4 Å². The molecule has 3 aromatic rings. The molecule has 1 heterocycles. The summed E-state index contributed by atoms with van der Waals surface area (Å²) in [5.41, 5.74) is 3.32. The number of benzene rings is 3. The number of likely N-dealkylation sites (N-methyl/N-ethyl adjacent to an activating group) is 1. The molecule has 170 valence electrons. The first kappa shape index (κ1) is 23.7. The number of halogens is 1. The fraction of sp³-hybridized carbons (Fsp3) is 0.115. The van der Waals surface area contributed by atoms with E-state index in [4.69, 9.17) is 21.7 Å². The van der Waals surface area contributed by atoms with Crippen molar-refractivity contribution < 1.29 is 14.3 Å². The highest BCUT2D eigenvalue weighted by atomic mass is 127. The molecular formula is C26H20IN3O3S. The summed E-state index contributed by atoms with van der Waals surface area (Å²) in [5.74, 6) is 0.912. The van der Waals surface area contributed by atoms with E-state index < -0.39 is 0 Å². The zero-order valence-corrected chi connectivity index (χ0v) is 21.5. The van der Waals surface area contributed by atoms with Crippen molar-refractivity contribution in [3.8, 4) is 17.6 Å². The van der Waals surface area contributed by atoms with E-state index in [1.54, 1.807) is 31.2 Å². The molecular weight excluding hydrogens is 561 g/mol. The summed E-state index contributed by atoms with van der Waals surface area (Å²) >= 11 is 7.71. The van der Waals surface area contributed by atoms with Crippen LogP contribution in [0.4, 0.5) is 5.69 Å². The minimum atomic E-state index is -0.193. The Morgan fingerprint density at radius 1 is 1.12 bits per heavy atom. The number of thiocarbonyl (C=S) groups is 1. The zero-order chi connectivity index (χ0) is 24.2. The van der Waals surface area contributed by atoms with Gasteiger partial charge in [0.2, 0.25) is 0 Å². The third-order valence-corrected chi connectivity index (χ3v) is 6.60. The van der Waals surface area contributed by atoms with Gasteiger partial charge in [0.15, 0.2) is 16.6 Å². The van der Waals surface area contributed by atoms with E-state index in [0.717, 1.165) is 20.4 Å². The number of para-hydroxylation sites is 1. The van der Waals surface area contributed by atoms with Crippen LogP contribution in [0, 0.1) is 14.9 Å². The SMILES string of the molecule is COc1cc(/C=C2/C(=O)N(c3ccccc3)C(=S)N2C)cc(I)c1OCc1ccccc1C#N. The maximum absolute atomic E-state index is 13.2. The second-order valence-electron chi connectivity index (χ2n) is 7.44. The number of carbonyl (C=O) groups excluding carboxylic acids is 1. The lowest BCUT2D eigenvalue weighted by atomic mass is 10.1. The number of nitriles is 1. The van der Waals surface area contributed by atoms with Crippen molar-refractivity contribution >= 4 is 57.6 Å². The first-order valence-electron chi connectivity index (χ1n) is 10.3. The number of nitrogens with zero attached hydrogens (tertiary/aromatic N) is 3. The average Bonchev–Trinajstić information content (AvgIpc) is 3.06. The van der Waals surface area contributed by atoms with Gasteiger partial charge in [0, 0.05) is 12.6 Å². The van der Waals surface area contributed by atoms with Crippen molar-refractivity contribution in [3.05, 3.63) is 92.7 Å². The summed E-state index contributed by atoms with van der Waals surface area (Å²) in [6.07, 6.45) is 1.79. The number of rotatable bonds is 6. The van der Waals surface area contributed by atoms with Crippen molar-refractivity contribution in [1.29, 1.82) is 5.26 Å². The fourth-order valence-corrected chi connectivity index (χ4v) is 4.66. The molecule has 0 aromatic heterocycles. The Hall–Kier alpha value is -3.42. The summed E-state index contributed by atoms with van der Waals surface area (Å²) < 4.78 is 12.4. The van der Waals surface area contributed by atoms with Gasteiger partial charge in [-0.05, 0) is 76.8 Å². The second kappa shape index (κ2) is 10.2. The molecule has 0 spiro atoms. The van der Waals surface area contributed by atoms with Gasteiger partial charge >= 0.3 is 0 Å². The molecule has 0 radical (unpaired) electrons. The van der Waals surface area contributed by atoms with Crippen LogP contribution in [0.5, 0.6) is 11.5 Å². The molecule has 1 amide bonds. The number of anilines is 1. The molecule has 3 aromatic carbocycles. The van der Waals surface area contributed by atoms with Gasteiger partial charge in [-0.3, -0.25) is 9.69 Å². The molecule has 0 saturated carbocycles. The molecule has 1 fully saturated rings. The molecule has 0 N–H and O–H groups in total. The fourth-order valence-electron chi connectivity index (χ4n) is 3.59. The highest BCUT2D eigenvalue weighted by molar-refractivity contribution is 14.1. The Morgan fingerprint density at radius 3 is 2.53 bits per heavy atom. The van der Waals surface area contributed by atoms with Crippen LogP contribution in [0.3, 0.4) is 0 Å². The smallest absolute Gasteiger partial charge is 0.281 e. The van der Waals surface area contributed by atoms with Crippen molar-refractivity contribution in [1.82, 2.24) is 4.90 Å². The summed E-state index contributed by atoms with van der Waals surface area (Å²) in [6.45, 7) is 0.234. The number of methoxy groups -OCH3 is 1. The largest absolute Gasteiger partial charge is 0.493 e. The van der Waals surface area contributed by atoms with Crippen LogP contribution in [0.1, 0.15) is 16.7 Å². The molecule has 0 bridgehead atoms. The van der Waals surface area contributed by atoms with E-state index in [2.05, 4.69) is 28.7 Å². The molecule has 1 aliphatic heterocycles. The molecule has 0 aliphatic carbocycles. The predicted octanol–water partition coefficient (Wildman–Crippen LogP) is 5.35. The number of hydrogen-bond acceptors (Lipinski definition) is 5. The van der Waals surface area contributed by atoms with Crippen molar-refractivity contribution in [2.24, 2.45) is 0 Å². The van der Waals surface area contributed by atoms with Crippen LogP contribution in [-0.2, 0) is 11.4 Å². The van der Waals surface area contributed by atoms with Gasteiger partial charge in [0.05, 0.1) is 28.0 Å².